The van der Waals surface area contributed by atoms with E-state index in [0.717, 1.165) is 29.7 Å². The standard InChI is InChI=1S/C27H23F3N2O3/c1-2-3-11-23(34)31-26-24(17-12-14-19(15-13-17)27(28,29)30)32-25(35-26)22-10-5-4-9-21(22)18-7-6-8-20(33)16-18/h4-10,12-16,33H,2-3,11H2,1H3,(H,31,34). The molecule has 1 aromatic heterocycles. The van der Waals surface area contributed by atoms with E-state index in [2.05, 4.69) is 10.3 Å². The molecule has 0 saturated heterocycles. The first-order chi connectivity index (χ1) is 16.8. The number of nitrogens with one attached hydrogen (secondary N) is 1. The Hall–Kier alpha value is -4.07. The maximum atomic E-state index is 13.0. The van der Waals surface area contributed by atoms with Crippen molar-refractivity contribution in [2.24, 2.45) is 0 Å². The van der Waals surface area contributed by atoms with Crippen molar-refractivity contribution in [2.45, 2.75) is 32.4 Å². The third-order valence-corrected chi connectivity index (χ3v) is 5.44. The Morgan fingerprint density at radius 3 is 2.34 bits per heavy atom. The van der Waals surface area contributed by atoms with Crippen molar-refractivity contribution in [1.29, 1.82) is 0 Å². The molecule has 0 unspecified atom stereocenters. The second-order valence-corrected chi connectivity index (χ2v) is 8.02. The van der Waals surface area contributed by atoms with Crippen molar-refractivity contribution in [3.8, 4) is 39.6 Å². The smallest absolute Gasteiger partial charge is 0.416 e. The highest BCUT2D eigenvalue weighted by Gasteiger charge is 2.30. The number of rotatable bonds is 7. The van der Waals surface area contributed by atoms with E-state index in [4.69, 9.17) is 4.42 Å². The molecular formula is C27H23F3N2O3. The minimum Gasteiger partial charge on any atom is -0.508 e. The normalized spacial score (nSPS) is 11.4. The minimum absolute atomic E-state index is 0.0616. The Morgan fingerprint density at radius 2 is 1.69 bits per heavy atom. The van der Waals surface area contributed by atoms with Crippen LogP contribution in [-0.4, -0.2) is 16.0 Å². The van der Waals surface area contributed by atoms with Gasteiger partial charge in [0.25, 0.3) is 0 Å². The van der Waals surface area contributed by atoms with Crippen LogP contribution in [-0.2, 0) is 11.0 Å². The van der Waals surface area contributed by atoms with Crippen molar-refractivity contribution in [3.05, 3.63) is 78.4 Å². The summed E-state index contributed by atoms with van der Waals surface area (Å²) in [6.07, 6.45) is -2.68. The molecule has 8 heteroatoms. The maximum absolute atomic E-state index is 13.0. The van der Waals surface area contributed by atoms with Crippen LogP contribution in [0.3, 0.4) is 0 Å². The molecule has 0 saturated carbocycles. The molecular weight excluding hydrogens is 457 g/mol. The number of unbranched alkanes of at least 4 members (excludes halogenated alkanes) is 1. The zero-order valence-corrected chi connectivity index (χ0v) is 18.9. The molecule has 0 bridgehead atoms. The molecule has 0 fully saturated rings. The number of hydrogen-bond acceptors (Lipinski definition) is 4. The van der Waals surface area contributed by atoms with E-state index in [1.54, 1.807) is 30.3 Å². The summed E-state index contributed by atoms with van der Waals surface area (Å²) < 4.78 is 45.1. The summed E-state index contributed by atoms with van der Waals surface area (Å²) in [5.41, 5.74) is 1.86. The molecule has 5 nitrogen and oxygen atoms in total. The monoisotopic (exact) mass is 480 g/mol. The molecule has 3 aromatic carbocycles. The quantitative estimate of drug-likeness (QED) is 0.287. The van der Waals surface area contributed by atoms with Gasteiger partial charge in [0, 0.05) is 17.5 Å². The number of phenols is 1. The Labute approximate surface area is 200 Å². The molecule has 0 atom stereocenters. The van der Waals surface area contributed by atoms with E-state index in [9.17, 15) is 23.1 Å². The van der Waals surface area contributed by atoms with Crippen LogP contribution in [0.4, 0.5) is 19.1 Å². The second kappa shape index (κ2) is 10.0. The zero-order chi connectivity index (χ0) is 25.0. The number of hydrogen-bond donors (Lipinski definition) is 2. The first-order valence-corrected chi connectivity index (χ1v) is 11.1. The maximum Gasteiger partial charge on any atom is 0.416 e. The number of benzene rings is 3. The second-order valence-electron chi connectivity index (χ2n) is 8.02. The molecule has 1 amide bonds. The highest BCUT2D eigenvalue weighted by atomic mass is 19.4. The van der Waals surface area contributed by atoms with Gasteiger partial charge in [0.05, 0.1) is 5.56 Å². The lowest BCUT2D eigenvalue weighted by Crippen LogP contribution is -2.11. The van der Waals surface area contributed by atoms with Gasteiger partial charge in [-0.1, -0.05) is 55.8 Å². The Bertz CT molecular complexity index is 1330. The molecule has 0 aliphatic heterocycles. The van der Waals surface area contributed by atoms with E-state index in [1.165, 1.54) is 12.1 Å². The van der Waals surface area contributed by atoms with Gasteiger partial charge in [-0.25, -0.2) is 4.98 Å². The number of carbonyl (C=O) groups is 1. The molecule has 0 spiro atoms. The van der Waals surface area contributed by atoms with E-state index >= 15 is 0 Å². The van der Waals surface area contributed by atoms with Crippen LogP contribution in [0.1, 0.15) is 31.7 Å². The summed E-state index contributed by atoms with van der Waals surface area (Å²) in [5, 5.41) is 12.6. The SMILES string of the molecule is CCCCC(=O)Nc1oc(-c2ccccc2-c2cccc(O)c2)nc1-c1ccc(C(F)(F)F)cc1. The number of oxazole rings is 1. The van der Waals surface area contributed by atoms with Gasteiger partial charge >= 0.3 is 6.18 Å². The number of aromatic hydroxyl groups is 1. The number of carbonyl (C=O) groups excluding carboxylic acids is 1. The summed E-state index contributed by atoms with van der Waals surface area (Å²) in [5.74, 6) is 0.0687. The van der Waals surface area contributed by atoms with Crippen LogP contribution in [0.2, 0.25) is 0 Å². The number of aromatic nitrogens is 1. The van der Waals surface area contributed by atoms with Crippen LogP contribution in [0.25, 0.3) is 33.8 Å². The van der Waals surface area contributed by atoms with E-state index in [0.29, 0.717) is 17.5 Å². The van der Waals surface area contributed by atoms with Crippen molar-refractivity contribution < 1.29 is 27.5 Å². The predicted molar refractivity (Wildman–Crippen MR) is 128 cm³/mol. The number of nitrogens with zero attached hydrogens (tertiary/aromatic N) is 1. The Kier molecular flexibility index (Phi) is 6.91. The fourth-order valence-corrected chi connectivity index (χ4v) is 3.65. The Balaban J connectivity index is 1.80. The van der Waals surface area contributed by atoms with Gasteiger partial charge in [0.2, 0.25) is 17.7 Å². The van der Waals surface area contributed by atoms with E-state index in [-0.39, 0.29) is 35.5 Å². The van der Waals surface area contributed by atoms with E-state index in [1.807, 2.05) is 25.1 Å². The summed E-state index contributed by atoms with van der Waals surface area (Å²) >= 11 is 0. The molecule has 0 aliphatic carbocycles. The summed E-state index contributed by atoms with van der Waals surface area (Å²) in [6, 6.07) is 18.5. The average molecular weight is 480 g/mol. The molecule has 35 heavy (non-hydrogen) atoms. The van der Waals surface area contributed by atoms with Crippen molar-refractivity contribution >= 4 is 11.8 Å². The van der Waals surface area contributed by atoms with Gasteiger partial charge in [-0.05, 0) is 47.9 Å². The zero-order valence-electron chi connectivity index (χ0n) is 18.9. The summed E-state index contributed by atoms with van der Waals surface area (Å²) in [7, 11) is 0. The molecule has 4 rings (SSSR count). The van der Waals surface area contributed by atoms with Crippen LogP contribution in [0, 0.1) is 0 Å². The first-order valence-electron chi connectivity index (χ1n) is 11.1. The molecule has 0 radical (unpaired) electrons. The first kappa shape index (κ1) is 24.1. The minimum atomic E-state index is -4.47. The number of halogens is 3. The van der Waals surface area contributed by atoms with Crippen LogP contribution >= 0.6 is 0 Å². The Morgan fingerprint density at radius 1 is 0.971 bits per heavy atom. The van der Waals surface area contributed by atoms with Crippen molar-refractivity contribution in [1.82, 2.24) is 4.98 Å². The lowest BCUT2D eigenvalue weighted by molar-refractivity contribution is -0.137. The molecule has 180 valence electrons. The van der Waals surface area contributed by atoms with Crippen molar-refractivity contribution in [3.63, 3.8) is 0 Å². The largest absolute Gasteiger partial charge is 0.508 e. The van der Waals surface area contributed by atoms with Gasteiger partial charge in [0.15, 0.2) is 0 Å². The van der Waals surface area contributed by atoms with Crippen LogP contribution < -0.4 is 5.32 Å². The fraction of sp³-hybridized carbons (Fsp3) is 0.185. The molecule has 1 heterocycles. The van der Waals surface area contributed by atoms with Gasteiger partial charge < -0.3 is 9.52 Å². The van der Waals surface area contributed by atoms with Crippen molar-refractivity contribution in [2.75, 3.05) is 5.32 Å². The topological polar surface area (TPSA) is 75.4 Å². The molecule has 2 N–H and O–H groups in total. The van der Waals surface area contributed by atoms with Crippen LogP contribution in [0.15, 0.2) is 77.2 Å². The highest BCUT2D eigenvalue weighted by Crippen LogP contribution is 2.39. The lowest BCUT2D eigenvalue weighted by Gasteiger charge is -2.07. The molecule has 4 aromatic rings. The van der Waals surface area contributed by atoms with Crippen LogP contribution in [0.5, 0.6) is 5.75 Å². The number of alkyl halides is 3. The lowest BCUT2D eigenvalue weighted by atomic mass is 9.99. The average Bonchev–Trinajstić information content (AvgIpc) is 3.25. The van der Waals surface area contributed by atoms with Gasteiger partial charge in [-0.2, -0.15) is 13.2 Å². The number of amides is 1. The third kappa shape index (κ3) is 5.54. The van der Waals surface area contributed by atoms with Gasteiger partial charge in [-0.3, -0.25) is 10.1 Å². The highest BCUT2D eigenvalue weighted by molar-refractivity contribution is 5.93. The number of anilines is 1. The number of phenolic OH excluding ortho intramolecular Hbond substituents is 1. The van der Waals surface area contributed by atoms with Gasteiger partial charge in [-0.15, -0.1) is 0 Å². The predicted octanol–water partition coefficient (Wildman–Crippen LogP) is 7.53. The summed E-state index contributed by atoms with van der Waals surface area (Å²) in [4.78, 5) is 17.0. The molecule has 0 aliphatic rings. The third-order valence-electron chi connectivity index (χ3n) is 5.44. The van der Waals surface area contributed by atoms with Gasteiger partial charge in [0.1, 0.15) is 11.4 Å². The van der Waals surface area contributed by atoms with E-state index < -0.39 is 11.7 Å². The summed E-state index contributed by atoms with van der Waals surface area (Å²) in [6.45, 7) is 1.96. The fourth-order valence-electron chi connectivity index (χ4n) is 3.65.